The van der Waals surface area contributed by atoms with Gasteiger partial charge in [-0.2, -0.15) is 0 Å². The molecule has 0 saturated heterocycles. The molecule has 1 saturated carbocycles. The van der Waals surface area contributed by atoms with Gasteiger partial charge >= 0.3 is 0 Å². The van der Waals surface area contributed by atoms with Gasteiger partial charge in [-0.3, -0.25) is 4.98 Å². The first-order chi connectivity index (χ1) is 7.83. The molecule has 0 aliphatic heterocycles. The summed E-state index contributed by atoms with van der Waals surface area (Å²) in [5.74, 6) is 0.847. The Morgan fingerprint density at radius 2 is 2.06 bits per heavy atom. The zero-order valence-electron chi connectivity index (χ0n) is 8.81. The van der Waals surface area contributed by atoms with Crippen LogP contribution >= 0.6 is 15.9 Å². The van der Waals surface area contributed by atoms with Gasteiger partial charge in [0.05, 0.1) is 0 Å². The Balaban J connectivity index is 1.86. The molecule has 82 valence electrons. The summed E-state index contributed by atoms with van der Waals surface area (Å²) in [7, 11) is 0. The van der Waals surface area contributed by atoms with Crippen LogP contribution in [0, 0.1) is 5.92 Å². The highest BCUT2D eigenvalue weighted by atomic mass is 79.9. The number of alkyl halides is 1. The van der Waals surface area contributed by atoms with Gasteiger partial charge in [-0.25, -0.2) is 9.97 Å². The van der Waals surface area contributed by atoms with E-state index in [9.17, 15) is 0 Å². The molecule has 0 aromatic carbocycles. The van der Waals surface area contributed by atoms with Crippen LogP contribution in [0.5, 0.6) is 0 Å². The lowest BCUT2D eigenvalue weighted by Gasteiger charge is -2.07. The highest BCUT2D eigenvalue weighted by Crippen LogP contribution is 2.37. The molecule has 0 bridgehead atoms. The molecule has 1 aliphatic carbocycles. The molecule has 1 unspecified atom stereocenters. The number of rotatable bonds is 3. The predicted octanol–water partition coefficient (Wildman–Crippen LogP) is 2.74. The number of hydrogen-bond donors (Lipinski definition) is 0. The van der Waals surface area contributed by atoms with Crippen molar-refractivity contribution in [2.24, 2.45) is 5.92 Å². The maximum atomic E-state index is 4.52. The maximum Gasteiger partial charge on any atom is 0.178 e. The van der Waals surface area contributed by atoms with Crippen molar-refractivity contribution >= 4 is 27.1 Å². The molecular weight excluding hydrogens is 266 g/mol. The molecule has 3 rings (SSSR count). The highest BCUT2D eigenvalue weighted by molar-refractivity contribution is 9.09. The Kier molecular flexibility index (Phi) is 2.59. The minimum absolute atomic E-state index is 0.564. The molecule has 2 aromatic rings. The Labute approximate surface area is 102 Å². The third-order valence-electron chi connectivity index (χ3n) is 2.93. The Hall–Kier alpha value is -1.03. The first-order valence-electron chi connectivity index (χ1n) is 5.53. The minimum atomic E-state index is 0.564. The minimum Gasteiger partial charge on any atom is -0.251 e. The van der Waals surface area contributed by atoms with Crippen LogP contribution in [-0.2, 0) is 6.42 Å². The molecule has 1 fully saturated rings. The SMILES string of the molecule is BrC(Cc1ccc2nccnc2n1)C1CC1. The third-order valence-corrected chi connectivity index (χ3v) is 4.00. The van der Waals surface area contributed by atoms with E-state index in [1.165, 1.54) is 12.8 Å². The van der Waals surface area contributed by atoms with E-state index >= 15 is 0 Å². The number of hydrogen-bond acceptors (Lipinski definition) is 3. The van der Waals surface area contributed by atoms with Crippen molar-refractivity contribution in [3.05, 3.63) is 30.2 Å². The number of nitrogens with zero attached hydrogens (tertiary/aromatic N) is 3. The largest absolute Gasteiger partial charge is 0.251 e. The van der Waals surface area contributed by atoms with E-state index in [-0.39, 0.29) is 0 Å². The molecule has 2 aromatic heterocycles. The van der Waals surface area contributed by atoms with Crippen molar-refractivity contribution in [3.63, 3.8) is 0 Å². The zero-order chi connectivity index (χ0) is 11.0. The topological polar surface area (TPSA) is 38.7 Å². The second-order valence-corrected chi connectivity index (χ2v) is 5.44. The van der Waals surface area contributed by atoms with Gasteiger partial charge in [-0.15, -0.1) is 0 Å². The van der Waals surface area contributed by atoms with Crippen LogP contribution in [0.1, 0.15) is 18.5 Å². The fourth-order valence-electron chi connectivity index (χ4n) is 1.83. The molecule has 0 radical (unpaired) electrons. The van der Waals surface area contributed by atoms with Crippen molar-refractivity contribution in [1.29, 1.82) is 0 Å². The van der Waals surface area contributed by atoms with Crippen LogP contribution in [0.25, 0.3) is 11.2 Å². The molecule has 1 aliphatic rings. The van der Waals surface area contributed by atoms with Crippen LogP contribution in [0.4, 0.5) is 0 Å². The normalized spacial score (nSPS) is 17.6. The predicted molar refractivity (Wildman–Crippen MR) is 66.5 cm³/mol. The molecule has 0 amide bonds. The monoisotopic (exact) mass is 277 g/mol. The molecular formula is C12H12BrN3. The fourth-order valence-corrected chi connectivity index (χ4v) is 2.69. The Bertz CT molecular complexity index is 510. The van der Waals surface area contributed by atoms with Gasteiger partial charge in [0.25, 0.3) is 0 Å². The lowest BCUT2D eigenvalue weighted by Crippen LogP contribution is -2.06. The zero-order valence-corrected chi connectivity index (χ0v) is 10.4. The molecule has 0 N–H and O–H groups in total. The summed E-state index contributed by atoms with van der Waals surface area (Å²) in [6, 6.07) is 4.05. The van der Waals surface area contributed by atoms with Gasteiger partial charge in [0.15, 0.2) is 5.65 Å². The number of aromatic nitrogens is 3. The third kappa shape index (κ3) is 2.07. The van der Waals surface area contributed by atoms with E-state index in [2.05, 4.69) is 30.9 Å². The molecule has 16 heavy (non-hydrogen) atoms. The smallest absolute Gasteiger partial charge is 0.178 e. The number of pyridine rings is 1. The number of halogens is 1. The van der Waals surface area contributed by atoms with Gasteiger partial charge in [0, 0.05) is 29.3 Å². The van der Waals surface area contributed by atoms with E-state index in [1.807, 2.05) is 12.1 Å². The van der Waals surface area contributed by atoms with Crippen molar-refractivity contribution < 1.29 is 0 Å². The van der Waals surface area contributed by atoms with Crippen LogP contribution in [0.15, 0.2) is 24.5 Å². The van der Waals surface area contributed by atoms with Crippen LogP contribution in [0.2, 0.25) is 0 Å². The maximum absolute atomic E-state index is 4.52. The molecule has 4 heteroatoms. The first-order valence-corrected chi connectivity index (χ1v) is 6.45. The van der Waals surface area contributed by atoms with Crippen molar-refractivity contribution in [1.82, 2.24) is 15.0 Å². The quantitative estimate of drug-likeness (QED) is 0.810. The van der Waals surface area contributed by atoms with E-state index in [1.54, 1.807) is 12.4 Å². The lowest BCUT2D eigenvalue weighted by atomic mass is 10.1. The van der Waals surface area contributed by atoms with Crippen molar-refractivity contribution in [3.8, 4) is 0 Å². The van der Waals surface area contributed by atoms with Gasteiger partial charge in [-0.1, -0.05) is 15.9 Å². The summed E-state index contributed by atoms with van der Waals surface area (Å²) in [6.07, 6.45) is 7.07. The van der Waals surface area contributed by atoms with E-state index in [0.717, 1.165) is 29.2 Å². The Morgan fingerprint density at radius 3 is 2.88 bits per heavy atom. The van der Waals surface area contributed by atoms with E-state index in [4.69, 9.17) is 0 Å². The average Bonchev–Trinajstić information content (AvgIpc) is 3.12. The Morgan fingerprint density at radius 1 is 1.25 bits per heavy atom. The van der Waals surface area contributed by atoms with E-state index in [0.29, 0.717) is 4.83 Å². The van der Waals surface area contributed by atoms with Gasteiger partial charge in [0.2, 0.25) is 0 Å². The van der Waals surface area contributed by atoms with Crippen molar-refractivity contribution in [2.75, 3.05) is 0 Å². The molecule has 2 heterocycles. The summed E-state index contributed by atoms with van der Waals surface area (Å²) >= 11 is 3.73. The first kappa shape index (κ1) is 10.1. The number of fused-ring (bicyclic) bond motifs is 1. The summed E-state index contributed by atoms with van der Waals surface area (Å²) in [5.41, 5.74) is 2.71. The molecule has 3 nitrogen and oxygen atoms in total. The van der Waals surface area contributed by atoms with Crippen LogP contribution in [0.3, 0.4) is 0 Å². The second kappa shape index (κ2) is 4.09. The summed E-state index contributed by atoms with van der Waals surface area (Å²) < 4.78 is 0. The summed E-state index contributed by atoms with van der Waals surface area (Å²) in [6.45, 7) is 0. The van der Waals surface area contributed by atoms with Gasteiger partial charge in [0.1, 0.15) is 5.52 Å². The van der Waals surface area contributed by atoms with Gasteiger partial charge < -0.3 is 0 Å². The van der Waals surface area contributed by atoms with Gasteiger partial charge in [-0.05, 0) is 30.9 Å². The van der Waals surface area contributed by atoms with Crippen molar-refractivity contribution in [2.45, 2.75) is 24.1 Å². The molecule has 1 atom stereocenters. The van der Waals surface area contributed by atoms with E-state index < -0.39 is 0 Å². The van der Waals surface area contributed by atoms with Crippen LogP contribution < -0.4 is 0 Å². The lowest BCUT2D eigenvalue weighted by molar-refractivity contribution is 0.748. The summed E-state index contributed by atoms with van der Waals surface area (Å²) in [5, 5.41) is 0. The fraction of sp³-hybridized carbons (Fsp3) is 0.417. The average molecular weight is 278 g/mol. The molecule has 0 spiro atoms. The standard InChI is InChI=1S/C12H12BrN3/c13-10(8-1-2-8)7-9-3-4-11-12(16-9)15-6-5-14-11/h3-6,8,10H,1-2,7H2. The highest BCUT2D eigenvalue weighted by Gasteiger charge is 2.29. The second-order valence-electron chi connectivity index (χ2n) is 4.26. The summed E-state index contributed by atoms with van der Waals surface area (Å²) in [4.78, 5) is 13.5. The van der Waals surface area contributed by atoms with Crippen LogP contribution in [-0.4, -0.2) is 19.8 Å².